The van der Waals surface area contributed by atoms with E-state index in [-0.39, 0.29) is 12.5 Å². The van der Waals surface area contributed by atoms with Crippen LogP contribution in [0.4, 0.5) is 5.69 Å². The van der Waals surface area contributed by atoms with E-state index in [4.69, 9.17) is 4.74 Å². The standard InChI is InChI=1S/C18H22N2O4S/c1-19(13-15-7-5-4-6-8-15)18(21)14-24-17-11-9-16(10-12-17)20(2)25(3,22)23/h4-12H,13-14H2,1-3H3. The van der Waals surface area contributed by atoms with Crippen molar-refractivity contribution in [1.29, 1.82) is 0 Å². The monoisotopic (exact) mass is 362 g/mol. The van der Waals surface area contributed by atoms with Gasteiger partial charge in [0.05, 0.1) is 11.9 Å². The van der Waals surface area contributed by atoms with Gasteiger partial charge in [0, 0.05) is 20.6 Å². The number of likely N-dealkylation sites (N-methyl/N-ethyl adjacent to an activating group) is 1. The largest absolute Gasteiger partial charge is 0.484 e. The summed E-state index contributed by atoms with van der Waals surface area (Å²) in [4.78, 5) is 13.7. The second-order valence-corrected chi connectivity index (χ2v) is 7.76. The number of sulfonamides is 1. The number of amides is 1. The van der Waals surface area contributed by atoms with Crippen LogP contribution in [0.3, 0.4) is 0 Å². The van der Waals surface area contributed by atoms with Crippen LogP contribution in [0.2, 0.25) is 0 Å². The molecule has 2 rings (SSSR count). The van der Waals surface area contributed by atoms with Gasteiger partial charge in [-0.25, -0.2) is 8.42 Å². The van der Waals surface area contributed by atoms with Crippen LogP contribution in [0, 0.1) is 0 Å². The Kier molecular flexibility index (Phi) is 6.03. The summed E-state index contributed by atoms with van der Waals surface area (Å²) >= 11 is 0. The molecule has 6 nitrogen and oxygen atoms in total. The summed E-state index contributed by atoms with van der Waals surface area (Å²) in [5.74, 6) is 0.369. The molecule has 0 N–H and O–H groups in total. The molecule has 0 fully saturated rings. The van der Waals surface area contributed by atoms with Crippen molar-refractivity contribution in [3.8, 4) is 5.75 Å². The fraction of sp³-hybridized carbons (Fsp3) is 0.278. The highest BCUT2D eigenvalue weighted by Crippen LogP contribution is 2.20. The fourth-order valence-corrected chi connectivity index (χ4v) is 2.65. The van der Waals surface area contributed by atoms with Gasteiger partial charge in [0.2, 0.25) is 10.0 Å². The molecule has 2 aromatic rings. The number of rotatable bonds is 7. The first-order chi connectivity index (χ1) is 11.8. The molecule has 0 unspecified atom stereocenters. The Morgan fingerprint density at radius 1 is 1.00 bits per heavy atom. The molecule has 0 heterocycles. The SMILES string of the molecule is CN(Cc1ccccc1)C(=O)COc1ccc(N(C)S(C)(=O)=O)cc1. The third kappa shape index (κ3) is 5.49. The molecule has 1 amide bonds. The smallest absolute Gasteiger partial charge is 0.260 e. The molecular formula is C18H22N2O4S. The molecule has 0 spiro atoms. The number of carbonyl (C=O) groups excluding carboxylic acids is 1. The van der Waals surface area contributed by atoms with E-state index >= 15 is 0 Å². The van der Waals surface area contributed by atoms with Gasteiger partial charge in [-0.1, -0.05) is 30.3 Å². The molecule has 0 bridgehead atoms. The minimum absolute atomic E-state index is 0.0788. The summed E-state index contributed by atoms with van der Waals surface area (Å²) in [6, 6.07) is 16.3. The maximum absolute atomic E-state index is 12.1. The van der Waals surface area contributed by atoms with Gasteiger partial charge in [-0.3, -0.25) is 9.10 Å². The molecule has 0 saturated heterocycles. The van der Waals surface area contributed by atoms with Gasteiger partial charge in [-0.15, -0.1) is 0 Å². The van der Waals surface area contributed by atoms with Crippen molar-refractivity contribution in [3.05, 3.63) is 60.2 Å². The number of benzene rings is 2. The normalized spacial score (nSPS) is 11.0. The average Bonchev–Trinajstić information content (AvgIpc) is 2.59. The van der Waals surface area contributed by atoms with Crippen LogP contribution in [0.5, 0.6) is 5.75 Å². The Bertz CT molecular complexity index is 805. The molecule has 0 aromatic heterocycles. The minimum Gasteiger partial charge on any atom is -0.484 e. The predicted octanol–water partition coefficient (Wildman–Crippen LogP) is 2.12. The summed E-state index contributed by atoms with van der Waals surface area (Å²) in [7, 11) is -0.0992. The topological polar surface area (TPSA) is 66.9 Å². The first-order valence-electron chi connectivity index (χ1n) is 7.72. The van der Waals surface area contributed by atoms with Crippen molar-refractivity contribution < 1.29 is 17.9 Å². The fourth-order valence-electron chi connectivity index (χ4n) is 2.14. The second-order valence-electron chi connectivity index (χ2n) is 5.75. The molecule has 0 atom stereocenters. The molecule has 0 aliphatic carbocycles. The van der Waals surface area contributed by atoms with Crippen molar-refractivity contribution in [2.75, 3.05) is 31.3 Å². The quantitative estimate of drug-likeness (QED) is 0.757. The van der Waals surface area contributed by atoms with Crippen LogP contribution in [0.1, 0.15) is 5.56 Å². The Morgan fingerprint density at radius 2 is 1.60 bits per heavy atom. The summed E-state index contributed by atoms with van der Waals surface area (Å²) in [5.41, 5.74) is 1.58. The van der Waals surface area contributed by atoms with Crippen LogP contribution in [0.25, 0.3) is 0 Å². The van der Waals surface area contributed by atoms with Gasteiger partial charge in [0.15, 0.2) is 6.61 Å². The van der Waals surface area contributed by atoms with E-state index in [1.165, 1.54) is 11.4 Å². The molecule has 0 saturated carbocycles. The number of anilines is 1. The zero-order valence-electron chi connectivity index (χ0n) is 14.5. The van der Waals surface area contributed by atoms with Crippen molar-refractivity contribution in [1.82, 2.24) is 4.90 Å². The van der Waals surface area contributed by atoms with E-state index in [9.17, 15) is 13.2 Å². The number of nitrogens with zero attached hydrogens (tertiary/aromatic N) is 2. The van der Waals surface area contributed by atoms with E-state index in [0.29, 0.717) is 18.0 Å². The maximum atomic E-state index is 12.1. The Hall–Kier alpha value is -2.54. The van der Waals surface area contributed by atoms with Crippen molar-refractivity contribution in [3.63, 3.8) is 0 Å². The maximum Gasteiger partial charge on any atom is 0.260 e. The Balaban J connectivity index is 1.89. The van der Waals surface area contributed by atoms with Crippen molar-refractivity contribution in [2.45, 2.75) is 6.54 Å². The molecule has 0 aliphatic heterocycles. The molecular weight excluding hydrogens is 340 g/mol. The Labute approximate surface area is 148 Å². The van der Waals surface area contributed by atoms with Gasteiger partial charge >= 0.3 is 0 Å². The summed E-state index contributed by atoms with van der Waals surface area (Å²) in [6.45, 7) is 0.436. The van der Waals surface area contributed by atoms with E-state index in [1.807, 2.05) is 30.3 Å². The molecule has 7 heteroatoms. The minimum atomic E-state index is -3.30. The van der Waals surface area contributed by atoms with Crippen molar-refractivity contribution >= 4 is 21.6 Å². The highest BCUT2D eigenvalue weighted by molar-refractivity contribution is 7.92. The summed E-state index contributed by atoms with van der Waals surface area (Å²) in [6.07, 6.45) is 1.14. The number of carbonyl (C=O) groups is 1. The molecule has 134 valence electrons. The molecule has 0 aliphatic rings. The van der Waals surface area contributed by atoms with Crippen LogP contribution in [-0.2, 0) is 21.4 Å². The predicted molar refractivity (Wildman–Crippen MR) is 98.1 cm³/mol. The van der Waals surface area contributed by atoms with E-state index in [0.717, 1.165) is 11.8 Å². The van der Waals surface area contributed by atoms with Crippen LogP contribution >= 0.6 is 0 Å². The van der Waals surface area contributed by atoms with Gasteiger partial charge in [0.1, 0.15) is 5.75 Å². The van der Waals surface area contributed by atoms with Gasteiger partial charge in [-0.05, 0) is 29.8 Å². The lowest BCUT2D eigenvalue weighted by atomic mass is 10.2. The first-order valence-corrected chi connectivity index (χ1v) is 9.57. The summed E-state index contributed by atoms with van der Waals surface area (Å²) in [5, 5.41) is 0. The second kappa shape index (κ2) is 8.02. The number of hydrogen-bond acceptors (Lipinski definition) is 4. The van der Waals surface area contributed by atoms with Crippen LogP contribution in [0.15, 0.2) is 54.6 Å². The lowest BCUT2D eigenvalue weighted by Crippen LogP contribution is -2.30. The van der Waals surface area contributed by atoms with Crippen molar-refractivity contribution in [2.24, 2.45) is 0 Å². The van der Waals surface area contributed by atoms with E-state index in [2.05, 4.69) is 0 Å². The third-order valence-electron chi connectivity index (χ3n) is 3.75. The zero-order chi connectivity index (χ0) is 18.4. The average molecular weight is 362 g/mol. The highest BCUT2D eigenvalue weighted by Gasteiger charge is 2.13. The van der Waals surface area contributed by atoms with Gasteiger partial charge < -0.3 is 9.64 Å². The van der Waals surface area contributed by atoms with Crippen LogP contribution in [-0.4, -0.2) is 46.2 Å². The highest BCUT2D eigenvalue weighted by atomic mass is 32.2. The van der Waals surface area contributed by atoms with Gasteiger partial charge in [0.25, 0.3) is 5.91 Å². The third-order valence-corrected chi connectivity index (χ3v) is 4.95. The van der Waals surface area contributed by atoms with E-state index in [1.54, 1.807) is 36.2 Å². The lowest BCUT2D eigenvalue weighted by molar-refractivity contribution is -0.132. The zero-order valence-corrected chi connectivity index (χ0v) is 15.4. The Morgan fingerprint density at radius 3 is 2.16 bits per heavy atom. The molecule has 0 radical (unpaired) electrons. The molecule has 2 aromatic carbocycles. The van der Waals surface area contributed by atoms with Crippen LogP contribution < -0.4 is 9.04 Å². The molecule has 25 heavy (non-hydrogen) atoms. The number of ether oxygens (including phenoxy) is 1. The summed E-state index contributed by atoms with van der Waals surface area (Å²) < 4.78 is 29.7. The lowest BCUT2D eigenvalue weighted by Gasteiger charge is -2.18. The number of hydrogen-bond donors (Lipinski definition) is 0. The first kappa shape index (κ1) is 18.8. The van der Waals surface area contributed by atoms with Gasteiger partial charge in [-0.2, -0.15) is 0 Å². The van der Waals surface area contributed by atoms with E-state index < -0.39 is 10.0 Å².